The van der Waals surface area contributed by atoms with E-state index in [2.05, 4.69) is 15.3 Å². The second-order valence-electron chi connectivity index (χ2n) is 9.55. The molecule has 6 rings (SSSR count). The van der Waals surface area contributed by atoms with Gasteiger partial charge in [-0.1, -0.05) is 6.07 Å². The third kappa shape index (κ3) is 5.47. The molecular weight excluding hydrogens is 506 g/mol. The van der Waals surface area contributed by atoms with Gasteiger partial charge in [0.05, 0.1) is 32.1 Å². The number of aromatic nitrogens is 3. The number of nitrogens with zero attached hydrogens (tertiary/aromatic N) is 5. The highest BCUT2D eigenvalue weighted by atomic mass is 19.1. The average Bonchev–Trinajstić information content (AvgIpc) is 3.39. The summed E-state index contributed by atoms with van der Waals surface area (Å²) in [5.41, 5.74) is 2.06. The van der Waals surface area contributed by atoms with Gasteiger partial charge in [-0.25, -0.2) is 13.8 Å². The van der Waals surface area contributed by atoms with E-state index in [0.29, 0.717) is 81.1 Å². The average molecular weight is 535 g/mol. The first-order chi connectivity index (χ1) is 19.0. The van der Waals surface area contributed by atoms with Crippen LogP contribution in [-0.2, 0) is 16.0 Å². The SMILES string of the molecule is O=C(c1cccc(Nc2ncc3ccn(-c4cc(F)c(CN5CCOCC5)c(F)c4)c3n2)c1)N1CCOCC1. The van der Waals surface area contributed by atoms with Gasteiger partial charge in [-0.15, -0.1) is 0 Å². The normalized spacial score (nSPS) is 16.5. The van der Waals surface area contributed by atoms with E-state index in [0.717, 1.165) is 5.39 Å². The van der Waals surface area contributed by atoms with Crippen LogP contribution in [0.15, 0.2) is 54.9 Å². The van der Waals surface area contributed by atoms with Crippen molar-refractivity contribution in [3.8, 4) is 5.69 Å². The lowest BCUT2D eigenvalue weighted by Crippen LogP contribution is -2.40. The largest absolute Gasteiger partial charge is 0.379 e. The molecule has 0 atom stereocenters. The lowest BCUT2D eigenvalue weighted by atomic mass is 10.1. The summed E-state index contributed by atoms with van der Waals surface area (Å²) >= 11 is 0. The molecule has 0 spiro atoms. The van der Waals surface area contributed by atoms with Gasteiger partial charge in [-0.3, -0.25) is 9.69 Å². The van der Waals surface area contributed by atoms with E-state index in [1.165, 1.54) is 12.1 Å². The van der Waals surface area contributed by atoms with Crippen molar-refractivity contribution in [2.24, 2.45) is 0 Å². The summed E-state index contributed by atoms with van der Waals surface area (Å²) in [4.78, 5) is 25.6. The zero-order valence-corrected chi connectivity index (χ0v) is 21.3. The number of anilines is 2. The Balaban J connectivity index is 1.24. The summed E-state index contributed by atoms with van der Waals surface area (Å²) in [6, 6.07) is 11.6. The van der Waals surface area contributed by atoms with Crippen LogP contribution in [-0.4, -0.2) is 82.8 Å². The molecule has 202 valence electrons. The Hall–Kier alpha value is -3.93. The fourth-order valence-electron chi connectivity index (χ4n) is 4.86. The Kier molecular flexibility index (Phi) is 7.18. The van der Waals surface area contributed by atoms with Crippen molar-refractivity contribution in [1.82, 2.24) is 24.3 Å². The quantitative estimate of drug-likeness (QED) is 0.403. The number of ether oxygens (including phenoxy) is 2. The third-order valence-electron chi connectivity index (χ3n) is 6.98. The van der Waals surface area contributed by atoms with Crippen molar-refractivity contribution < 1.29 is 23.0 Å². The molecule has 1 N–H and O–H groups in total. The van der Waals surface area contributed by atoms with Crippen LogP contribution in [0.4, 0.5) is 20.4 Å². The van der Waals surface area contributed by atoms with E-state index in [1.807, 2.05) is 11.0 Å². The Morgan fingerprint density at radius 3 is 2.41 bits per heavy atom. The van der Waals surface area contributed by atoms with Crippen LogP contribution in [0.5, 0.6) is 0 Å². The standard InChI is InChI=1S/C28H28F2N6O3/c29-24-15-22(16-25(30)23(24)18-34-6-10-38-11-7-34)36-5-4-20-17-31-28(33-26(20)36)32-21-3-1-2-19(14-21)27(37)35-8-12-39-13-9-35/h1-5,14-17H,6-13,18H2,(H,31,32,33). The second-order valence-corrected chi connectivity index (χ2v) is 9.55. The van der Waals surface area contributed by atoms with E-state index in [4.69, 9.17) is 9.47 Å². The van der Waals surface area contributed by atoms with Crippen molar-refractivity contribution in [1.29, 1.82) is 0 Å². The number of morpholine rings is 2. The molecule has 0 bridgehead atoms. The summed E-state index contributed by atoms with van der Waals surface area (Å²) < 4.78 is 42.4. The predicted octanol–water partition coefficient (Wildman–Crippen LogP) is 3.75. The molecule has 2 saturated heterocycles. The molecular formula is C28H28F2N6O3. The molecule has 39 heavy (non-hydrogen) atoms. The molecule has 1 amide bonds. The number of nitrogens with one attached hydrogen (secondary N) is 1. The number of carbonyl (C=O) groups excluding carboxylic acids is 1. The van der Waals surface area contributed by atoms with Gasteiger partial charge < -0.3 is 24.3 Å². The Morgan fingerprint density at radius 2 is 1.67 bits per heavy atom. The molecule has 2 aromatic carbocycles. The number of fused-ring (bicyclic) bond motifs is 1. The van der Waals surface area contributed by atoms with Crippen LogP contribution < -0.4 is 5.32 Å². The van der Waals surface area contributed by atoms with Crippen LogP contribution >= 0.6 is 0 Å². The summed E-state index contributed by atoms with van der Waals surface area (Å²) in [6.45, 7) is 4.76. The maximum atomic E-state index is 15.1. The molecule has 2 fully saturated rings. The molecule has 11 heteroatoms. The third-order valence-corrected chi connectivity index (χ3v) is 6.98. The Morgan fingerprint density at radius 1 is 0.949 bits per heavy atom. The molecule has 2 aromatic heterocycles. The van der Waals surface area contributed by atoms with E-state index < -0.39 is 11.6 Å². The van der Waals surface area contributed by atoms with Crippen molar-refractivity contribution in [2.45, 2.75) is 6.54 Å². The first-order valence-corrected chi connectivity index (χ1v) is 12.9. The highest BCUT2D eigenvalue weighted by Crippen LogP contribution is 2.25. The Labute approximate surface area is 224 Å². The summed E-state index contributed by atoms with van der Waals surface area (Å²) in [6.07, 6.45) is 3.35. The van der Waals surface area contributed by atoms with Crippen LogP contribution in [0.25, 0.3) is 16.7 Å². The topological polar surface area (TPSA) is 84.8 Å². The molecule has 9 nitrogen and oxygen atoms in total. The molecule has 4 aromatic rings. The van der Waals surface area contributed by atoms with Gasteiger partial charge in [-0.2, -0.15) is 4.98 Å². The Bertz CT molecular complexity index is 1470. The van der Waals surface area contributed by atoms with E-state index in [-0.39, 0.29) is 18.0 Å². The van der Waals surface area contributed by atoms with Crippen molar-refractivity contribution >= 4 is 28.6 Å². The van der Waals surface area contributed by atoms with E-state index in [9.17, 15) is 4.79 Å². The molecule has 0 radical (unpaired) electrons. The van der Waals surface area contributed by atoms with Gasteiger partial charge in [0.15, 0.2) is 0 Å². The van der Waals surface area contributed by atoms with E-state index >= 15 is 8.78 Å². The fourth-order valence-corrected chi connectivity index (χ4v) is 4.86. The number of amides is 1. The van der Waals surface area contributed by atoms with Crippen LogP contribution in [0.1, 0.15) is 15.9 Å². The zero-order valence-electron chi connectivity index (χ0n) is 21.3. The van der Waals surface area contributed by atoms with E-state index in [1.54, 1.807) is 46.1 Å². The fraction of sp³-hybridized carbons (Fsp3) is 0.321. The smallest absolute Gasteiger partial charge is 0.254 e. The van der Waals surface area contributed by atoms with Crippen molar-refractivity contribution in [3.05, 3.63) is 77.6 Å². The lowest BCUT2D eigenvalue weighted by molar-refractivity contribution is 0.0303. The summed E-state index contributed by atoms with van der Waals surface area (Å²) in [5, 5.41) is 3.86. The second kappa shape index (κ2) is 11.0. The minimum Gasteiger partial charge on any atom is -0.379 e. The van der Waals surface area contributed by atoms with Crippen LogP contribution in [0.3, 0.4) is 0 Å². The monoisotopic (exact) mass is 534 g/mol. The first kappa shape index (κ1) is 25.4. The highest BCUT2D eigenvalue weighted by Gasteiger charge is 2.20. The maximum absolute atomic E-state index is 15.1. The van der Waals surface area contributed by atoms with Crippen LogP contribution in [0, 0.1) is 11.6 Å². The highest BCUT2D eigenvalue weighted by molar-refractivity contribution is 5.95. The summed E-state index contributed by atoms with van der Waals surface area (Å²) in [7, 11) is 0. The van der Waals surface area contributed by atoms with Gasteiger partial charge in [0.2, 0.25) is 5.95 Å². The first-order valence-electron chi connectivity index (χ1n) is 12.9. The van der Waals surface area contributed by atoms with Gasteiger partial charge in [0.25, 0.3) is 5.91 Å². The number of rotatable bonds is 6. The molecule has 4 heterocycles. The molecule has 0 saturated carbocycles. The number of hydrogen-bond donors (Lipinski definition) is 1. The van der Waals surface area contributed by atoms with Gasteiger partial charge >= 0.3 is 0 Å². The maximum Gasteiger partial charge on any atom is 0.254 e. The molecule has 0 aliphatic carbocycles. The number of halogens is 2. The number of benzene rings is 2. The predicted molar refractivity (Wildman–Crippen MR) is 141 cm³/mol. The minimum atomic E-state index is -0.604. The van der Waals surface area contributed by atoms with Crippen LogP contribution in [0.2, 0.25) is 0 Å². The molecule has 2 aliphatic rings. The molecule has 0 unspecified atom stereocenters. The van der Waals surface area contributed by atoms with Gasteiger partial charge in [-0.05, 0) is 36.4 Å². The lowest BCUT2D eigenvalue weighted by Gasteiger charge is -2.27. The number of carbonyl (C=O) groups is 1. The van der Waals surface area contributed by atoms with Gasteiger partial charge in [0.1, 0.15) is 17.3 Å². The zero-order chi connectivity index (χ0) is 26.8. The van der Waals surface area contributed by atoms with Crippen molar-refractivity contribution in [2.75, 3.05) is 57.9 Å². The summed E-state index contributed by atoms with van der Waals surface area (Å²) in [5.74, 6) is -0.975. The minimum absolute atomic E-state index is 0.0422. The number of hydrogen-bond acceptors (Lipinski definition) is 7. The van der Waals surface area contributed by atoms with Gasteiger partial charge in [0, 0.05) is 67.3 Å². The molecule has 2 aliphatic heterocycles. The van der Waals surface area contributed by atoms with Crippen molar-refractivity contribution in [3.63, 3.8) is 0 Å².